The van der Waals surface area contributed by atoms with Gasteiger partial charge in [-0.2, -0.15) is 0 Å². The Morgan fingerprint density at radius 3 is 1.68 bits per heavy atom. The molecule has 0 fully saturated rings. The highest BCUT2D eigenvalue weighted by Crippen LogP contribution is 2.11. The molecule has 3 heteroatoms. The highest BCUT2D eigenvalue weighted by Gasteiger charge is 2.00. The molecule has 3 nitrogen and oxygen atoms in total. The van der Waals surface area contributed by atoms with Crippen LogP contribution in [0.1, 0.15) is 84.0 Å². The van der Waals surface area contributed by atoms with E-state index in [0.29, 0.717) is 12.2 Å². The van der Waals surface area contributed by atoms with Gasteiger partial charge in [-0.25, -0.2) is 0 Å². The summed E-state index contributed by atoms with van der Waals surface area (Å²) in [6.45, 7) is 2.05. The molecular weight excluding hydrogens is 240 g/mol. The van der Waals surface area contributed by atoms with Crippen LogP contribution < -0.4 is 0 Å². The number of ether oxygens (including phenoxy) is 1. The molecule has 0 heterocycles. The minimum atomic E-state index is -0.100. The topological polar surface area (TPSA) is 43.4 Å². The summed E-state index contributed by atoms with van der Waals surface area (Å²) in [7, 11) is 1.44. The second-order valence-corrected chi connectivity index (χ2v) is 5.19. The lowest BCUT2D eigenvalue weighted by Crippen LogP contribution is -1.99. The zero-order valence-electron chi connectivity index (χ0n) is 12.7. The number of rotatable bonds is 13. The Kier molecular flexibility index (Phi) is 13.0. The van der Waals surface area contributed by atoms with E-state index in [1.165, 1.54) is 39.2 Å². The number of ketones is 1. The van der Waals surface area contributed by atoms with Crippen LogP contribution in [-0.2, 0) is 14.3 Å². The molecule has 0 amide bonds. The molecular formula is C16H30O3. The molecule has 0 aliphatic heterocycles. The smallest absolute Gasteiger partial charge is 0.305 e. The molecule has 0 aromatic rings. The van der Waals surface area contributed by atoms with Crippen molar-refractivity contribution in [2.75, 3.05) is 7.11 Å². The van der Waals surface area contributed by atoms with E-state index in [1.807, 2.05) is 0 Å². The molecule has 0 aromatic carbocycles. The molecule has 0 atom stereocenters. The Morgan fingerprint density at radius 1 is 0.737 bits per heavy atom. The first-order valence-electron chi connectivity index (χ1n) is 7.79. The van der Waals surface area contributed by atoms with E-state index in [9.17, 15) is 9.59 Å². The van der Waals surface area contributed by atoms with Gasteiger partial charge in [-0.3, -0.25) is 9.59 Å². The minimum Gasteiger partial charge on any atom is -0.469 e. The van der Waals surface area contributed by atoms with Crippen molar-refractivity contribution in [3.8, 4) is 0 Å². The highest BCUT2D eigenvalue weighted by molar-refractivity contribution is 5.78. The summed E-state index contributed by atoms with van der Waals surface area (Å²) in [4.78, 5) is 22.2. The maximum absolute atomic E-state index is 11.3. The fraction of sp³-hybridized carbons (Fsp3) is 0.875. The third-order valence-electron chi connectivity index (χ3n) is 3.34. The molecule has 0 unspecified atom stereocenters. The van der Waals surface area contributed by atoms with Crippen molar-refractivity contribution in [2.24, 2.45) is 0 Å². The molecule has 19 heavy (non-hydrogen) atoms. The van der Waals surface area contributed by atoms with E-state index < -0.39 is 0 Å². The SMILES string of the molecule is CCCC(=O)CCCCCCCCCCC(=O)OC. The van der Waals surface area contributed by atoms with Crippen LogP contribution >= 0.6 is 0 Å². The molecule has 0 spiro atoms. The average Bonchev–Trinajstić information content (AvgIpc) is 2.40. The Morgan fingerprint density at radius 2 is 1.21 bits per heavy atom. The Balaban J connectivity index is 3.11. The van der Waals surface area contributed by atoms with Gasteiger partial charge in [0.25, 0.3) is 0 Å². The summed E-state index contributed by atoms with van der Waals surface area (Å²) in [6.07, 6.45) is 12.3. The van der Waals surface area contributed by atoms with Crippen LogP contribution in [0.15, 0.2) is 0 Å². The monoisotopic (exact) mass is 270 g/mol. The molecule has 0 aromatic heterocycles. The fourth-order valence-corrected chi connectivity index (χ4v) is 2.16. The summed E-state index contributed by atoms with van der Waals surface area (Å²) in [5, 5.41) is 0. The Bertz CT molecular complexity index is 236. The van der Waals surface area contributed by atoms with Crippen LogP contribution in [0.25, 0.3) is 0 Å². The maximum Gasteiger partial charge on any atom is 0.305 e. The van der Waals surface area contributed by atoms with Crippen LogP contribution in [0, 0.1) is 0 Å². The van der Waals surface area contributed by atoms with E-state index in [2.05, 4.69) is 11.7 Å². The first-order valence-corrected chi connectivity index (χ1v) is 7.79. The van der Waals surface area contributed by atoms with Crippen LogP contribution in [0.5, 0.6) is 0 Å². The predicted molar refractivity (Wildman–Crippen MR) is 78.1 cm³/mol. The van der Waals surface area contributed by atoms with E-state index in [1.54, 1.807) is 0 Å². The van der Waals surface area contributed by atoms with E-state index >= 15 is 0 Å². The van der Waals surface area contributed by atoms with Crippen molar-refractivity contribution in [1.82, 2.24) is 0 Å². The Hall–Kier alpha value is -0.860. The van der Waals surface area contributed by atoms with Crippen LogP contribution in [-0.4, -0.2) is 18.9 Å². The number of methoxy groups -OCH3 is 1. The number of Topliss-reactive ketones (excluding diaryl/α,β-unsaturated/α-hetero) is 1. The van der Waals surface area contributed by atoms with Gasteiger partial charge in [0.2, 0.25) is 0 Å². The molecule has 0 aliphatic rings. The molecule has 0 saturated heterocycles. The van der Waals surface area contributed by atoms with Gasteiger partial charge in [-0.05, 0) is 19.3 Å². The molecule has 0 radical (unpaired) electrons. The van der Waals surface area contributed by atoms with Crippen molar-refractivity contribution >= 4 is 11.8 Å². The molecule has 0 aliphatic carbocycles. The van der Waals surface area contributed by atoms with Gasteiger partial charge in [0.15, 0.2) is 0 Å². The van der Waals surface area contributed by atoms with E-state index in [4.69, 9.17) is 0 Å². The zero-order valence-corrected chi connectivity index (χ0v) is 12.7. The van der Waals surface area contributed by atoms with Crippen molar-refractivity contribution in [1.29, 1.82) is 0 Å². The van der Waals surface area contributed by atoms with Gasteiger partial charge >= 0.3 is 5.97 Å². The number of carbonyl (C=O) groups excluding carboxylic acids is 2. The third-order valence-corrected chi connectivity index (χ3v) is 3.34. The lowest BCUT2D eigenvalue weighted by Gasteiger charge is -2.02. The number of hydrogen-bond acceptors (Lipinski definition) is 3. The fourth-order valence-electron chi connectivity index (χ4n) is 2.16. The number of esters is 1. The molecule has 0 bridgehead atoms. The van der Waals surface area contributed by atoms with Gasteiger partial charge in [0.05, 0.1) is 7.11 Å². The van der Waals surface area contributed by atoms with E-state index in [0.717, 1.165) is 38.5 Å². The van der Waals surface area contributed by atoms with Crippen LogP contribution in [0.2, 0.25) is 0 Å². The van der Waals surface area contributed by atoms with Crippen molar-refractivity contribution in [2.45, 2.75) is 84.0 Å². The van der Waals surface area contributed by atoms with E-state index in [-0.39, 0.29) is 5.97 Å². The lowest BCUT2D eigenvalue weighted by molar-refractivity contribution is -0.140. The largest absolute Gasteiger partial charge is 0.469 e. The molecule has 112 valence electrons. The van der Waals surface area contributed by atoms with Gasteiger partial charge in [-0.1, -0.05) is 45.4 Å². The third kappa shape index (κ3) is 13.4. The standard InChI is InChI=1S/C16H30O3/c1-3-12-15(17)13-10-8-6-4-5-7-9-11-14-16(18)19-2/h3-14H2,1-2H3. The predicted octanol–water partition coefficient (Wildman–Crippen LogP) is 4.43. The maximum atomic E-state index is 11.3. The summed E-state index contributed by atoms with van der Waals surface area (Å²) < 4.78 is 4.59. The number of unbranched alkanes of at least 4 members (excludes halogenated alkanes) is 7. The van der Waals surface area contributed by atoms with Gasteiger partial charge < -0.3 is 4.74 Å². The summed E-state index contributed by atoms with van der Waals surface area (Å²) >= 11 is 0. The summed E-state index contributed by atoms with van der Waals surface area (Å²) in [5.74, 6) is 0.321. The molecule has 0 saturated carbocycles. The number of carbonyl (C=O) groups is 2. The van der Waals surface area contributed by atoms with Crippen LogP contribution in [0.4, 0.5) is 0 Å². The normalized spacial score (nSPS) is 10.4. The summed E-state index contributed by atoms with van der Waals surface area (Å²) in [6, 6.07) is 0. The van der Waals surface area contributed by atoms with Gasteiger partial charge in [0.1, 0.15) is 5.78 Å². The van der Waals surface area contributed by atoms with Crippen molar-refractivity contribution < 1.29 is 14.3 Å². The average molecular weight is 270 g/mol. The Labute approximate surface area is 118 Å². The minimum absolute atomic E-state index is 0.100. The van der Waals surface area contributed by atoms with Gasteiger partial charge in [-0.15, -0.1) is 0 Å². The summed E-state index contributed by atoms with van der Waals surface area (Å²) in [5.41, 5.74) is 0. The van der Waals surface area contributed by atoms with Gasteiger partial charge in [0, 0.05) is 19.3 Å². The quantitative estimate of drug-likeness (QED) is 0.367. The second kappa shape index (κ2) is 13.6. The first-order chi connectivity index (χ1) is 9.20. The second-order valence-electron chi connectivity index (χ2n) is 5.19. The van der Waals surface area contributed by atoms with Crippen LogP contribution in [0.3, 0.4) is 0 Å². The van der Waals surface area contributed by atoms with Crippen molar-refractivity contribution in [3.05, 3.63) is 0 Å². The first kappa shape index (κ1) is 18.1. The lowest BCUT2D eigenvalue weighted by atomic mass is 10.0. The highest BCUT2D eigenvalue weighted by atomic mass is 16.5. The zero-order chi connectivity index (χ0) is 14.3. The van der Waals surface area contributed by atoms with Crippen molar-refractivity contribution in [3.63, 3.8) is 0 Å². The molecule has 0 rings (SSSR count). The molecule has 0 N–H and O–H groups in total. The number of hydrogen-bond donors (Lipinski definition) is 0.